The van der Waals surface area contributed by atoms with E-state index in [1.165, 1.54) is 12.8 Å². The molecule has 5 nitrogen and oxygen atoms in total. The van der Waals surface area contributed by atoms with Crippen molar-refractivity contribution in [2.45, 2.75) is 19.8 Å². The highest BCUT2D eigenvalue weighted by Gasteiger charge is 2.19. The number of nitrogens with one attached hydrogen (secondary N) is 1. The first-order chi connectivity index (χ1) is 9.85. The molecule has 6 heteroatoms. The fraction of sp³-hybridized carbons (Fsp3) is 0.600. The van der Waals surface area contributed by atoms with Crippen molar-refractivity contribution in [2.24, 2.45) is 4.99 Å². The van der Waals surface area contributed by atoms with Crippen LogP contribution in [0.1, 0.15) is 19.8 Å². The molecule has 0 unspecified atom stereocenters. The van der Waals surface area contributed by atoms with Crippen molar-refractivity contribution >= 4 is 35.8 Å². The molecule has 1 aliphatic heterocycles. The quantitative estimate of drug-likeness (QED) is 0.362. The molecule has 1 fully saturated rings. The number of aliphatic imine (C=N–C) groups is 1. The van der Waals surface area contributed by atoms with Gasteiger partial charge in [-0.1, -0.05) is 19.4 Å². The zero-order valence-corrected chi connectivity index (χ0v) is 15.3. The summed E-state index contributed by atoms with van der Waals surface area (Å²) in [5.74, 6) is 2.10. The Hall–Kier alpha value is -1.05. The van der Waals surface area contributed by atoms with E-state index in [9.17, 15) is 0 Å². The number of pyridine rings is 1. The monoisotopic (exact) mass is 403 g/mol. The highest BCUT2D eigenvalue weighted by Crippen LogP contribution is 2.12. The van der Waals surface area contributed by atoms with Gasteiger partial charge < -0.3 is 15.1 Å². The van der Waals surface area contributed by atoms with Gasteiger partial charge in [-0.05, 0) is 18.6 Å². The second-order valence-corrected chi connectivity index (χ2v) is 4.99. The van der Waals surface area contributed by atoms with E-state index in [0.717, 1.165) is 44.5 Å². The molecule has 0 bridgehead atoms. The second-order valence-electron chi connectivity index (χ2n) is 4.99. The van der Waals surface area contributed by atoms with Gasteiger partial charge in [-0.2, -0.15) is 0 Å². The predicted octanol–water partition coefficient (Wildman–Crippen LogP) is 2.20. The van der Waals surface area contributed by atoms with Gasteiger partial charge in [-0.3, -0.25) is 4.99 Å². The minimum Gasteiger partial charge on any atom is -0.356 e. The minimum atomic E-state index is 0. The van der Waals surface area contributed by atoms with Gasteiger partial charge in [0.15, 0.2) is 5.96 Å². The van der Waals surface area contributed by atoms with Crippen LogP contribution in [0, 0.1) is 0 Å². The molecule has 1 aliphatic rings. The van der Waals surface area contributed by atoms with E-state index in [-0.39, 0.29) is 24.0 Å². The maximum atomic E-state index is 4.41. The number of anilines is 1. The predicted molar refractivity (Wildman–Crippen MR) is 99.7 cm³/mol. The molecule has 118 valence electrons. The highest BCUT2D eigenvalue weighted by atomic mass is 127. The first-order valence-corrected chi connectivity index (χ1v) is 7.46. The van der Waals surface area contributed by atoms with Gasteiger partial charge in [0.05, 0.1) is 0 Å². The normalized spacial score (nSPS) is 15.6. The van der Waals surface area contributed by atoms with Crippen LogP contribution >= 0.6 is 24.0 Å². The highest BCUT2D eigenvalue weighted by molar-refractivity contribution is 14.0. The number of piperazine rings is 1. The number of hydrogen-bond acceptors (Lipinski definition) is 3. The van der Waals surface area contributed by atoms with Crippen LogP contribution in [0.25, 0.3) is 0 Å². The molecule has 0 aromatic carbocycles. The SMILES string of the molecule is CCCCNC(=NC)N1CCN(c2ccccn2)CC1.I. The van der Waals surface area contributed by atoms with Gasteiger partial charge >= 0.3 is 0 Å². The van der Waals surface area contributed by atoms with Crippen molar-refractivity contribution < 1.29 is 0 Å². The van der Waals surface area contributed by atoms with Crippen LogP contribution in [0.2, 0.25) is 0 Å². The Morgan fingerprint density at radius 1 is 1.29 bits per heavy atom. The Balaban J connectivity index is 0.00000220. The Labute approximate surface area is 144 Å². The number of aromatic nitrogens is 1. The second kappa shape index (κ2) is 9.81. The first-order valence-electron chi connectivity index (χ1n) is 7.46. The first kappa shape index (κ1) is 18.0. The summed E-state index contributed by atoms with van der Waals surface area (Å²) >= 11 is 0. The number of hydrogen-bond donors (Lipinski definition) is 1. The third-order valence-corrected chi connectivity index (χ3v) is 3.58. The average Bonchev–Trinajstić information content (AvgIpc) is 2.53. The lowest BCUT2D eigenvalue weighted by Crippen LogP contribution is -2.52. The molecule has 0 atom stereocenters. The number of guanidine groups is 1. The Morgan fingerprint density at radius 3 is 2.62 bits per heavy atom. The van der Waals surface area contributed by atoms with Crippen LogP contribution in [0.5, 0.6) is 0 Å². The van der Waals surface area contributed by atoms with E-state index in [0.29, 0.717) is 0 Å². The zero-order chi connectivity index (χ0) is 14.2. The van der Waals surface area contributed by atoms with Crippen LogP contribution < -0.4 is 10.2 Å². The van der Waals surface area contributed by atoms with Crippen molar-refractivity contribution in [3.8, 4) is 0 Å². The fourth-order valence-corrected chi connectivity index (χ4v) is 2.40. The largest absolute Gasteiger partial charge is 0.356 e. The van der Waals surface area contributed by atoms with Crippen molar-refractivity contribution in [1.82, 2.24) is 15.2 Å². The Morgan fingerprint density at radius 2 is 2.05 bits per heavy atom. The maximum Gasteiger partial charge on any atom is 0.193 e. The third-order valence-electron chi connectivity index (χ3n) is 3.58. The molecule has 1 aromatic rings. The molecule has 21 heavy (non-hydrogen) atoms. The van der Waals surface area contributed by atoms with E-state index in [1.807, 2.05) is 25.4 Å². The number of nitrogens with zero attached hydrogens (tertiary/aromatic N) is 4. The third kappa shape index (κ3) is 5.33. The van der Waals surface area contributed by atoms with E-state index < -0.39 is 0 Å². The number of halogens is 1. The van der Waals surface area contributed by atoms with Crippen LogP contribution in [0.4, 0.5) is 5.82 Å². The summed E-state index contributed by atoms with van der Waals surface area (Å²) in [5, 5.41) is 3.44. The molecule has 1 aromatic heterocycles. The molecule has 0 aliphatic carbocycles. The number of unbranched alkanes of at least 4 members (excludes halogenated alkanes) is 1. The number of rotatable bonds is 4. The van der Waals surface area contributed by atoms with Crippen LogP contribution in [0.3, 0.4) is 0 Å². The van der Waals surface area contributed by atoms with Gasteiger partial charge in [-0.25, -0.2) is 4.98 Å². The van der Waals surface area contributed by atoms with Gasteiger partial charge in [-0.15, -0.1) is 24.0 Å². The topological polar surface area (TPSA) is 43.8 Å². The summed E-state index contributed by atoms with van der Waals surface area (Å²) in [6.07, 6.45) is 4.25. The molecule has 0 saturated carbocycles. The van der Waals surface area contributed by atoms with Crippen molar-refractivity contribution in [1.29, 1.82) is 0 Å². The van der Waals surface area contributed by atoms with E-state index in [1.54, 1.807) is 0 Å². The van der Waals surface area contributed by atoms with Gasteiger partial charge in [0.25, 0.3) is 0 Å². The molecule has 2 heterocycles. The lowest BCUT2D eigenvalue weighted by Gasteiger charge is -2.37. The minimum absolute atomic E-state index is 0. The molecule has 0 amide bonds. The zero-order valence-electron chi connectivity index (χ0n) is 13.0. The van der Waals surface area contributed by atoms with Crippen LogP contribution in [0.15, 0.2) is 29.4 Å². The molecule has 1 N–H and O–H groups in total. The van der Waals surface area contributed by atoms with Crippen molar-refractivity contribution in [3.05, 3.63) is 24.4 Å². The van der Waals surface area contributed by atoms with E-state index in [2.05, 4.69) is 38.1 Å². The lowest BCUT2D eigenvalue weighted by molar-refractivity contribution is 0.371. The maximum absolute atomic E-state index is 4.41. The summed E-state index contributed by atoms with van der Waals surface area (Å²) in [6.45, 7) is 7.17. The van der Waals surface area contributed by atoms with Gasteiger partial charge in [0, 0.05) is 46.0 Å². The molecular weight excluding hydrogens is 377 g/mol. The molecule has 1 saturated heterocycles. The van der Waals surface area contributed by atoms with Crippen LogP contribution in [-0.4, -0.2) is 55.6 Å². The lowest BCUT2D eigenvalue weighted by atomic mass is 10.3. The smallest absolute Gasteiger partial charge is 0.193 e. The summed E-state index contributed by atoms with van der Waals surface area (Å²) < 4.78 is 0. The summed E-state index contributed by atoms with van der Waals surface area (Å²) in [4.78, 5) is 13.5. The van der Waals surface area contributed by atoms with Gasteiger partial charge in [0.1, 0.15) is 5.82 Å². The summed E-state index contributed by atoms with van der Waals surface area (Å²) in [6, 6.07) is 6.07. The standard InChI is InChI=1S/C15H25N5.HI/c1-3-4-8-18-15(16-2)20-12-10-19(11-13-20)14-7-5-6-9-17-14;/h5-7,9H,3-4,8,10-13H2,1-2H3,(H,16,18);1H. The molecule has 2 rings (SSSR count). The van der Waals surface area contributed by atoms with E-state index in [4.69, 9.17) is 0 Å². The Bertz CT molecular complexity index is 415. The molecule has 0 spiro atoms. The molecule has 0 radical (unpaired) electrons. The van der Waals surface area contributed by atoms with Crippen molar-refractivity contribution in [3.63, 3.8) is 0 Å². The molecular formula is C15H26IN5. The Kier molecular flexibility index (Phi) is 8.41. The average molecular weight is 403 g/mol. The van der Waals surface area contributed by atoms with E-state index >= 15 is 0 Å². The summed E-state index contributed by atoms with van der Waals surface area (Å²) in [7, 11) is 1.86. The fourth-order valence-electron chi connectivity index (χ4n) is 2.40. The summed E-state index contributed by atoms with van der Waals surface area (Å²) in [5.41, 5.74) is 0. The van der Waals surface area contributed by atoms with Crippen molar-refractivity contribution in [2.75, 3.05) is 44.7 Å². The van der Waals surface area contributed by atoms with Gasteiger partial charge in [0.2, 0.25) is 0 Å². The van der Waals surface area contributed by atoms with Crippen LogP contribution in [-0.2, 0) is 0 Å².